The quantitative estimate of drug-likeness (QED) is 0.744. The average molecular weight is 456 g/mol. The highest BCUT2D eigenvalue weighted by atomic mass is 35.5. The van der Waals surface area contributed by atoms with Crippen LogP contribution in [0.4, 0.5) is 16.2 Å². The monoisotopic (exact) mass is 455 g/mol. The summed E-state index contributed by atoms with van der Waals surface area (Å²) in [6.07, 6.45) is -0.904. The Hall–Kier alpha value is -2.00. The minimum Gasteiger partial charge on any atom is -0.442 e. The highest BCUT2D eigenvalue weighted by Crippen LogP contribution is 2.32. The van der Waals surface area contributed by atoms with E-state index in [0.29, 0.717) is 39.7 Å². The highest BCUT2D eigenvalue weighted by molar-refractivity contribution is 7.18. The van der Waals surface area contributed by atoms with E-state index in [-0.39, 0.29) is 12.5 Å². The predicted octanol–water partition coefficient (Wildman–Crippen LogP) is 3.65. The molecular weight excluding hydrogens is 437 g/mol. The molecule has 0 bridgehead atoms. The lowest BCUT2D eigenvalue weighted by molar-refractivity contribution is 0.0920. The van der Waals surface area contributed by atoms with Crippen LogP contribution in [0.15, 0.2) is 30.3 Å². The third kappa shape index (κ3) is 4.61. The largest absolute Gasteiger partial charge is 0.442 e. The van der Waals surface area contributed by atoms with Crippen LogP contribution in [0, 0.1) is 0 Å². The Labute approximate surface area is 182 Å². The molecule has 2 aliphatic heterocycles. The van der Waals surface area contributed by atoms with Gasteiger partial charge >= 0.3 is 6.09 Å². The maximum atomic E-state index is 12.3. The first-order valence-electron chi connectivity index (χ1n) is 9.15. The SMILES string of the molecule is O=C(NCC1CN(c2ccc(N3CCOCC3)c(Cl)c2)C(=O)O1)c1ccc(Cl)s1. The van der Waals surface area contributed by atoms with Gasteiger partial charge in [0.2, 0.25) is 0 Å². The molecule has 1 N–H and O–H groups in total. The Morgan fingerprint density at radius 2 is 2.00 bits per heavy atom. The van der Waals surface area contributed by atoms with Crippen molar-refractivity contribution >= 4 is 57.9 Å². The molecule has 2 amide bonds. The molecule has 0 spiro atoms. The smallest absolute Gasteiger partial charge is 0.414 e. The van der Waals surface area contributed by atoms with Gasteiger partial charge < -0.3 is 19.7 Å². The Balaban J connectivity index is 1.37. The number of anilines is 2. The zero-order valence-corrected chi connectivity index (χ0v) is 17.7. The van der Waals surface area contributed by atoms with Crippen molar-refractivity contribution in [1.82, 2.24) is 5.32 Å². The van der Waals surface area contributed by atoms with Crippen molar-refractivity contribution in [1.29, 1.82) is 0 Å². The van der Waals surface area contributed by atoms with Crippen LogP contribution in [0.1, 0.15) is 9.67 Å². The van der Waals surface area contributed by atoms with Crippen LogP contribution in [-0.4, -0.2) is 57.5 Å². The molecule has 2 aliphatic rings. The fourth-order valence-corrected chi connectivity index (χ4v) is 4.55. The van der Waals surface area contributed by atoms with Crippen molar-refractivity contribution in [2.45, 2.75) is 6.10 Å². The van der Waals surface area contributed by atoms with Gasteiger partial charge in [0.1, 0.15) is 6.10 Å². The second-order valence-electron chi connectivity index (χ2n) is 6.67. The van der Waals surface area contributed by atoms with Gasteiger partial charge in [0.15, 0.2) is 0 Å². The Morgan fingerprint density at radius 1 is 1.21 bits per heavy atom. The van der Waals surface area contributed by atoms with Gasteiger partial charge in [-0.25, -0.2) is 4.79 Å². The predicted molar refractivity (Wildman–Crippen MR) is 114 cm³/mol. The van der Waals surface area contributed by atoms with Crippen LogP contribution in [0.25, 0.3) is 0 Å². The lowest BCUT2D eigenvalue weighted by atomic mass is 10.2. The van der Waals surface area contributed by atoms with E-state index < -0.39 is 12.2 Å². The highest BCUT2D eigenvalue weighted by Gasteiger charge is 2.33. The van der Waals surface area contributed by atoms with Crippen molar-refractivity contribution in [3.8, 4) is 0 Å². The molecule has 2 saturated heterocycles. The Kier molecular flexibility index (Phi) is 6.15. The maximum absolute atomic E-state index is 12.3. The molecule has 2 aromatic rings. The van der Waals surface area contributed by atoms with E-state index in [1.807, 2.05) is 12.1 Å². The molecule has 1 atom stereocenters. The topological polar surface area (TPSA) is 71.1 Å². The van der Waals surface area contributed by atoms with Crippen LogP contribution in [0.2, 0.25) is 9.36 Å². The standard InChI is InChI=1S/C19H19Cl2N3O4S/c20-14-9-12(1-2-15(14)23-5-7-27-8-6-23)24-11-13(28-19(24)26)10-22-18(25)16-3-4-17(21)29-16/h1-4,9,13H,5-8,10-11H2,(H,22,25). The van der Waals surface area contributed by atoms with Crippen LogP contribution in [0.5, 0.6) is 0 Å². The summed E-state index contributed by atoms with van der Waals surface area (Å²) in [6.45, 7) is 3.45. The van der Waals surface area contributed by atoms with Gasteiger partial charge in [-0.3, -0.25) is 9.69 Å². The number of hydrogen-bond donors (Lipinski definition) is 1. The summed E-state index contributed by atoms with van der Waals surface area (Å²) in [4.78, 5) is 28.6. The van der Waals surface area contributed by atoms with Gasteiger partial charge in [0, 0.05) is 18.8 Å². The summed E-state index contributed by atoms with van der Waals surface area (Å²) in [5.41, 5.74) is 1.58. The van der Waals surface area contributed by atoms with Gasteiger partial charge in [-0.05, 0) is 30.3 Å². The number of amides is 2. The number of ether oxygens (including phenoxy) is 2. The molecule has 0 saturated carbocycles. The molecule has 4 rings (SSSR count). The average Bonchev–Trinajstić information content (AvgIpc) is 3.32. The number of rotatable bonds is 5. The number of nitrogens with one attached hydrogen (secondary N) is 1. The van der Waals surface area contributed by atoms with E-state index in [1.165, 1.54) is 16.2 Å². The summed E-state index contributed by atoms with van der Waals surface area (Å²) in [5.74, 6) is -0.241. The summed E-state index contributed by atoms with van der Waals surface area (Å²) in [6, 6.07) is 8.86. The van der Waals surface area contributed by atoms with Gasteiger partial charge in [-0.15, -0.1) is 11.3 Å². The van der Waals surface area contributed by atoms with E-state index >= 15 is 0 Å². The Morgan fingerprint density at radius 3 is 2.69 bits per heavy atom. The summed E-state index contributed by atoms with van der Waals surface area (Å²) >= 11 is 13.5. The molecule has 1 unspecified atom stereocenters. The number of carbonyl (C=O) groups is 2. The number of halogens is 2. The van der Waals surface area contributed by atoms with Crippen LogP contribution in [0.3, 0.4) is 0 Å². The molecule has 7 nitrogen and oxygen atoms in total. The number of hydrogen-bond acceptors (Lipinski definition) is 6. The first-order valence-corrected chi connectivity index (χ1v) is 10.7. The van der Waals surface area contributed by atoms with E-state index in [9.17, 15) is 9.59 Å². The van der Waals surface area contributed by atoms with Crippen LogP contribution < -0.4 is 15.1 Å². The molecule has 0 aliphatic carbocycles. The number of benzene rings is 1. The number of nitrogens with zero attached hydrogens (tertiary/aromatic N) is 2. The lowest BCUT2D eigenvalue weighted by Crippen LogP contribution is -2.36. The Bertz CT molecular complexity index is 917. The van der Waals surface area contributed by atoms with Gasteiger partial charge in [-0.2, -0.15) is 0 Å². The van der Waals surface area contributed by atoms with E-state index in [0.717, 1.165) is 18.8 Å². The molecule has 1 aromatic carbocycles. The summed E-state index contributed by atoms with van der Waals surface area (Å²) in [7, 11) is 0. The van der Waals surface area contributed by atoms with Crippen molar-refractivity contribution in [3.63, 3.8) is 0 Å². The van der Waals surface area contributed by atoms with Crippen molar-refractivity contribution in [2.24, 2.45) is 0 Å². The molecule has 2 fully saturated rings. The first-order chi connectivity index (χ1) is 14.0. The zero-order valence-electron chi connectivity index (χ0n) is 15.4. The van der Waals surface area contributed by atoms with Crippen molar-refractivity contribution < 1.29 is 19.1 Å². The van der Waals surface area contributed by atoms with Crippen molar-refractivity contribution in [3.05, 3.63) is 44.6 Å². The second kappa shape index (κ2) is 8.79. The molecule has 29 heavy (non-hydrogen) atoms. The molecule has 10 heteroatoms. The first kappa shape index (κ1) is 20.3. The number of carbonyl (C=O) groups excluding carboxylic acids is 2. The second-order valence-corrected chi connectivity index (χ2v) is 8.79. The molecular formula is C19H19Cl2N3O4S. The van der Waals surface area contributed by atoms with E-state index in [1.54, 1.807) is 18.2 Å². The normalized spacial score (nSPS) is 19.4. The third-order valence-electron chi connectivity index (χ3n) is 4.76. The third-order valence-corrected chi connectivity index (χ3v) is 6.29. The lowest BCUT2D eigenvalue weighted by Gasteiger charge is -2.30. The van der Waals surface area contributed by atoms with Crippen LogP contribution >= 0.6 is 34.5 Å². The fraction of sp³-hybridized carbons (Fsp3) is 0.368. The van der Waals surface area contributed by atoms with Gasteiger partial charge in [-0.1, -0.05) is 23.2 Å². The minimum absolute atomic E-state index is 0.218. The number of morpholine rings is 1. The molecule has 154 valence electrons. The zero-order chi connectivity index (χ0) is 20.4. The molecule has 0 radical (unpaired) electrons. The molecule has 1 aromatic heterocycles. The molecule has 3 heterocycles. The van der Waals surface area contributed by atoms with Gasteiger partial charge in [0.05, 0.1) is 46.2 Å². The number of cyclic esters (lactones) is 1. The van der Waals surface area contributed by atoms with E-state index in [2.05, 4.69) is 10.2 Å². The minimum atomic E-state index is -0.460. The summed E-state index contributed by atoms with van der Waals surface area (Å²) in [5, 5.41) is 3.35. The number of thiophene rings is 1. The summed E-state index contributed by atoms with van der Waals surface area (Å²) < 4.78 is 11.3. The van der Waals surface area contributed by atoms with Crippen LogP contribution in [-0.2, 0) is 9.47 Å². The van der Waals surface area contributed by atoms with E-state index in [4.69, 9.17) is 32.7 Å². The van der Waals surface area contributed by atoms with Gasteiger partial charge in [0.25, 0.3) is 5.91 Å². The van der Waals surface area contributed by atoms with Crippen molar-refractivity contribution in [2.75, 3.05) is 49.2 Å². The fourth-order valence-electron chi connectivity index (χ4n) is 3.29. The maximum Gasteiger partial charge on any atom is 0.414 e.